The first kappa shape index (κ1) is 14.4. The van der Waals surface area contributed by atoms with Crippen molar-refractivity contribution in [3.63, 3.8) is 0 Å². The molecule has 100 valence electrons. The first-order valence-corrected chi connectivity index (χ1v) is 5.88. The van der Waals surface area contributed by atoms with E-state index in [1.807, 2.05) is 26.0 Å². The summed E-state index contributed by atoms with van der Waals surface area (Å²) in [5.41, 5.74) is 1.06. The van der Waals surface area contributed by atoms with Gasteiger partial charge in [0.05, 0.1) is 20.1 Å². The zero-order valence-electron chi connectivity index (χ0n) is 11.3. The Balaban J connectivity index is 2.51. The lowest BCUT2D eigenvalue weighted by molar-refractivity contribution is -0.145. The van der Waals surface area contributed by atoms with Gasteiger partial charge in [-0.15, -0.1) is 0 Å². The molecule has 0 aliphatic rings. The second-order valence-electron chi connectivity index (χ2n) is 4.19. The van der Waals surface area contributed by atoms with Crippen LogP contribution in [0, 0.1) is 5.92 Å². The average Bonchev–Trinajstić information content (AvgIpc) is 2.43. The van der Waals surface area contributed by atoms with E-state index in [0.717, 1.165) is 5.56 Å². The summed E-state index contributed by atoms with van der Waals surface area (Å²) in [7, 11) is 2.99. The van der Waals surface area contributed by atoms with E-state index in [-0.39, 0.29) is 17.9 Å². The number of ether oxygens (including phenoxy) is 2. The minimum Gasteiger partial charge on any atom is -0.481 e. The molecular formula is C13H20N2O3. The Bertz CT molecular complexity index is 396. The highest BCUT2D eigenvalue weighted by atomic mass is 16.5. The van der Waals surface area contributed by atoms with E-state index < -0.39 is 0 Å². The third-order valence-corrected chi connectivity index (χ3v) is 2.96. The number of aromatic nitrogens is 1. The van der Waals surface area contributed by atoms with Crippen molar-refractivity contribution in [2.24, 2.45) is 5.92 Å². The smallest absolute Gasteiger partial charge is 0.309 e. The van der Waals surface area contributed by atoms with Gasteiger partial charge >= 0.3 is 5.97 Å². The molecule has 0 aliphatic heterocycles. The predicted octanol–water partition coefficient (Wildman–Crippen LogP) is 1.38. The zero-order chi connectivity index (χ0) is 13.5. The highest BCUT2D eigenvalue weighted by molar-refractivity contribution is 5.72. The van der Waals surface area contributed by atoms with Crippen LogP contribution < -0.4 is 10.1 Å². The minimum absolute atomic E-state index is 0.0385. The van der Waals surface area contributed by atoms with Crippen LogP contribution in [0.2, 0.25) is 0 Å². The van der Waals surface area contributed by atoms with Crippen molar-refractivity contribution in [3.05, 3.63) is 23.9 Å². The van der Waals surface area contributed by atoms with Gasteiger partial charge in [-0.3, -0.25) is 4.79 Å². The van der Waals surface area contributed by atoms with Crippen LogP contribution in [0.5, 0.6) is 5.88 Å². The first-order chi connectivity index (χ1) is 8.58. The lowest BCUT2D eigenvalue weighted by Crippen LogP contribution is -2.36. The van der Waals surface area contributed by atoms with Crippen LogP contribution in [-0.4, -0.2) is 31.2 Å². The second-order valence-corrected chi connectivity index (χ2v) is 4.19. The molecule has 0 spiro atoms. The number of hydrogen-bond acceptors (Lipinski definition) is 5. The molecule has 18 heavy (non-hydrogen) atoms. The van der Waals surface area contributed by atoms with Gasteiger partial charge in [-0.05, 0) is 18.6 Å². The molecule has 0 amide bonds. The fourth-order valence-electron chi connectivity index (χ4n) is 1.52. The number of pyridine rings is 1. The Morgan fingerprint density at radius 1 is 1.44 bits per heavy atom. The number of methoxy groups -OCH3 is 2. The Labute approximate surface area is 108 Å². The van der Waals surface area contributed by atoms with Gasteiger partial charge < -0.3 is 14.8 Å². The van der Waals surface area contributed by atoms with Crippen LogP contribution in [0.3, 0.4) is 0 Å². The van der Waals surface area contributed by atoms with E-state index in [1.54, 1.807) is 13.3 Å². The Hall–Kier alpha value is -1.62. The molecular weight excluding hydrogens is 232 g/mol. The monoisotopic (exact) mass is 252 g/mol. The molecule has 0 radical (unpaired) electrons. The third-order valence-electron chi connectivity index (χ3n) is 2.96. The second kappa shape index (κ2) is 6.96. The van der Waals surface area contributed by atoms with E-state index in [9.17, 15) is 4.79 Å². The summed E-state index contributed by atoms with van der Waals surface area (Å²) in [6, 6.07) is 3.81. The first-order valence-electron chi connectivity index (χ1n) is 5.88. The summed E-state index contributed by atoms with van der Waals surface area (Å²) in [5.74, 6) is 0.198. The molecule has 0 aromatic carbocycles. The minimum atomic E-state index is -0.206. The summed E-state index contributed by atoms with van der Waals surface area (Å²) in [6.07, 6.45) is 1.70. The molecule has 5 heteroatoms. The van der Waals surface area contributed by atoms with Crippen molar-refractivity contribution in [3.8, 4) is 5.88 Å². The predicted molar refractivity (Wildman–Crippen MR) is 68.3 cm³/mol. The molecule has 1 aromatic heterocycles. The van der Waals surface area contributed by atoms with Crippen molar-refractivity contribution >= 4 is 5.97 Å². The van der Waals surface area contributed by atoms with Crippen molar-refractivity contribution in [2.75, 3.05) is 14.2 Å². The fourth-order valence-corrected chi connectivity index (χ4v) is 1.52. The van der Waals surface area contributed by atoms with Gasteiger partial charge in [0.2, 0.25) is 5.88 Å². The molecule has 2 atom stereocenters. The normalized spacial score (nSPS) is 13.8. The van der Waals surface area contributed by atoms with Gasteiger partial charge in [0.15, 0.2) is 0 Å². The van der Waals surface area contributed by atoms with Crippen LogP contribution in [-0.2, 0) is 16.1 Å². The highest BCUT2D eigenvalue weighted by Gasteiger charge is 2.20. The lowest BCUT2D eigenvalue weighted by Gasteiger charge is -2.19. The van der Waals surface area contributed by atoms with Crippen LogP contribution in [0.15, 0.2) is 18.3 Å². The number of nitrogens with one attached hydrogen (secondary N) is 1. The van der Waals surface area contributed by atoms with E-state index in [4.69, 9.17) is 9.47 Å². The Kier molecular flexibility index (Phi) is 5.58. The lowest BCUT2D eigenvalue weighted by atomic mass is 10.0. The molecule has 1 aromatic rings. The van der Waals surface area contributed by atoms with Crippen molar-refractivity contribution in [1.82, 2.24) is 10.3 Å². The van der Waals surface area contributed by atoms with Gasteiger partial charge in [0.25, 0.3) is 0 Å². The number of carbonyl (C=O) groups is 1. The summed E-state index contributed by atoms with van der Waals surface area (Å²) >= 11 is 0. The number of esters is 1. The molecule has 0 fully saturated rings. The standard InChI is InChI=1S/C13H20N2O3/c1-9(13(16)18-4)10(2)15-8-11-5-6-14-12(7-11)17-3/h5-7,9-10,15H,8H2,1-4H3. The molecule has 1 heterocycles. The number of hydrogen-bond donors (Lipinski definition) is 1. The van der Waals surface area contributed by atoms with Gasteiger partial charge in [-0.2, -0.15) is 0 Å². The van der Waals surface area contributed by atoms with Crippen LogP contribution >= 0.6 is 0 Å². The summed E-state index contributed by atoms with van der Waals surface area (Å²) in [4.78, 5) is 15.4. The average molecular weight is 252 g/mol. The van der Waals surface area contributed by atoms with Crippen LogP contribution in [0.1, 0.15) is 19.4 Å². The van der Waals surface area contributed by atoms with Gasteiger partial charge in [-0.25, -0.2) is 4.98 Å². The summed E-state index contributed by atoms with van der Waals surface area (Å²) in [5, 5.41) is 3.28. The van der Waals surface area contributed by atoms with Crippen molar-refractivity contribution in [1.29, 1.82) is 0 Å². The quantitative estimate of drug-likeness (QED) is 0.775. The number of carbonyl (C=O) groups excluding carboxylic acids is 1. The number of nitrogens with zero attached hydrogens (tertiary/aromatic N) is 1. The summed E-state index contributed by atoms with van der Waals surface area (Å²) in [6.45, 7) is 4.46. The van der Waals surface area contributed by atoms with Crippen molar-refractivity contribution < 1.29 is 14.3 Å². The van der Waals surface area contributed by atoms with Gasteiger partial charge in [-0.1, -0.05) is 6.92 Å². The Morgan fingerprint density at radius 2 is 2.17 bits per heavy atom. The van der Waals surface area contributed by atoms with E-state index in [0.29, 0.717) is 12.4 Å². The fraction of sp³-hybridized carbons (Fsp3) is 0.538. The Morgan fingerprint density at radius 3 is 2.78 bits per heavy atom. The largest absolute Gasteiger partial charge is 0.481 e. The van der Waals surface area contributed by atoms with E-state index in [1.165, 1.54) is 7.11 Å². The number of rotatable bonds is 6. The van der Waals surface area contributed by atoms with Crippen LogP contribution in [0.25, 0.3) is 0 Å². The molecule has 1 N–H and O–H groups in total. The highest BCUT2D eigenvalue weighted by Crippen LogP contribution is 2.10. The van der Waals surface area contributed by atoms with E-state index >= 15 is 0 Å². The van der Waals surface area contributed by atoms with E-state index in [2.05, 4.69) is 10.3 Å². The molecule has 1 rings (SSSR count). The third kappa shape index (κ3) is 4.00. The molecule has 0 aliphatic carbocycles. The molecule has 0 bridgehead atoms. The maximum Gasteiger partial charge on any atom is 0.309 e. The van der Waals surface area contributed by atoms with Crippen LogP contribution in [0.4, 0.5) is 0 Å². The molecule has 0 saturated heterocycles. The van der Waals surface area contributed by atoms with Gasteiger partial charge in [0.1, 0.15) is 0 Å². The van der Waals surface area contributed by atoms with Gasteiger partial charge in [0, 0.05) is 24.8 Å². The SMILES string of the molecule is COC(=O)C(C)C(C)NCc1ccnc(OC)c1. The molecule has 5 nitrogen and oxygen atoms in total. The summed E-state index contributed by atoms with van der Waals surface area (Å²) < 4.78 is 9.76. The van der Waals surface area contributed by atoms with Crippen molar-refractivity contribution in [2.45, 2.75) is 26.4 Å². The molecule has 2 unspecified atom stereocenters. The topological polar surface area (TPSA) is 60.5 Å². The zero-order valence-corrected chi connectivity index (χ0v) is 11.3. The maximum atomic E-state index is 11.4. The molecule has 0 saturated carbocycles. The maximum absolute atomic E-state index is 11.4.